The van der Waals surface area contributed by atoms with Crippen LogP contribution in [-0.2, 0) is 16.0 Å². The van der Waals surface area contributed by atoms with Gasteiger partial charge in [0.05, 0.1) is 11.9 Å². The predicted molar refractivity (Wildman–Crippen MR) is 118 cm³/mol. The maximum Gasteiger partial charge on any atom is 0.332 e. The smallest absolute Gasteiger partial charge is 0.332 e. The van der Waals surface area contributed by atoms with Crippen molar-refractivity contribution in [2.45, 2.75) is 37.8 Å². The zero-order chi connectivity index (χ0) is 21.8. The molecule has 3 N–H and O–H groups in total. The van der Waals surface area contributed by atoms with E-state index >= 15 is 0 Å². The second-order valence-electron chi connectivity index (χ2n) is 7.63. The topological polar surface area (TPSA) is 121 Å². The number of hydrazone groups is 1. The van der Waals surface area contributed by atoms with Crippen LogP contribution in [-0.4, -0.2) is 64.1 Å². The van der Waals surface area contributed by atoms with Crippen molar-refractivity contribution in [2.75, 3.05) is 18.2 Å². The highest BCUT2D eigenvalue weighted by Crippen LogP contribution is 2.27. The minimum atomic E-state index is -0.753. The number of nitrogens with two attached hydrogens (primary N) is 1. The minimum absolute atomic E-state index is 0.0382. The number of thioether (sulfide) groups is 1. The van der Waals surface area contributed by atoms with E-state index in [4.69, 9.17) is 10.2 Å². The van der Waals surface area contributed by atoms with Crippen molar-refractivity contribution in [3.63, 3.8) is 0 Å². The lowest BCUT2D eigenvalue weighted by atomic mass is 10.1. The Balaban J connectivity index is 1.37. The third kappa shape index (κ3) is 4.84. The Labute approximate surface area is 184 Å². The number of nitrogens with one attached hydrogen (secondary N) is 1. The molecular weight excluding hydrogens is 418 g/mol. The summed E-state index contributed by atoms with van der Waals surface area (Å²) in [6, 6.07) is 8.26. The molecule has 2 saturated heterocycles. The van der Waals surface area contributed by atoms with E-state index in [9.17, 15) is 14.4 Å². The van der Waals surface area contributed by atoms with Gasteiger partial charge in [-0.15, -0.1) is 11.8 Å². The number of aryl methyl sites for hydroxylation is 1. The van der Waals surface area contributed by atoms with Gasteiger partial charge in [0, 0.05) is 36.7 Å². The molecule has 4 amide bonds. The number of carbonyl (C=O) groups is 3. The first-order valence-electron chi connectivity index (χ1n) is 10.3. The molecule has 2 aliphatic rings. The summed E-state index contributed by atoms with van der Waals surface area (Å²) in [4.78, 5) is 40.3. The summed E-state index contributed by atoms with van der Waals surface area (Å²) in [6.07, 6.45) is 3.77. The summed E-state index contributed by atoms with van der Waals surface area (Å²) in [7, 11) is 0. The van der Waals surface area contributed by atoms with Crippen LogP contribution in [0, 0.1) is 0 Å². The van der Waals surface area contributed by atoms with Crippen LogP contribution in [0.1, 0.15) is 25.0 Å². The lowest BCUT2D eigenvalue weighted by molar-refractivity contribution is -0.143. The maximum absolute atomic E-state index is 13.2. The van der Waals surface area contributed by atoms with Gasteiger partial charge in [-0.1, -0.05) is 18.2 Å². The number of amides is 4. The number of furan rings is 1. The summed E-state index contributed by atoms with van der Waals surface area (Å²) < 4.78 is 5.80. The number of hydrogen-bond donors (Lipinski definition) is 2. The fourth-order valence-corrected chi connectivity index (χ4v) is 5.17. The lowest BCUT2D eigenvalue weighted by Gasteiger charge is -2.29. The Hall–Kier alpha value is -3.01. The van der Waals surface area contributed by atoms with E-state index in [1.54, 1.807) is 21.6 Å². The minimum Gasteiger partial charge on any atom is -0.461 e. The highest BCUT2D eigenvalue weighted by molar-refractivity contribution is 7.99. The first-order chi connectivity index (χ1) is 15.0. The number of nitrogens with zero attached hydrogens (tertiary/aromatic N) is 3. The van der Waals surface area contributed by atoms with Gasteiger partial charge in [-0.2, -0.15) is 5.10 Å². The summed E-state index contributed by atoms with van der Waals surface area (Å²) in [5.41, 5.74) is 7.98. The standard InChI is InChI=1S/C21H25N5O4S/c22-21(29)24-23-11-15-12-31-13-26(15)20(28)17-5-3-9-25(17)19(27)8-7-16-10-14-4-1-2-6-18(14)30-16/h1-2,4,6,10-11,15,17H,3,5,7-9,12-13H2,(H3,22,24,29)/t15-,17+/m1/s1. The highest BCUT2D eigenvalue weighted by atomic mass is 32.2. The molecule has 2 aromatic rings. The number of hydrogen-bond acceptors (Lipinski definition) is 6. The van der Waals surface area contributed by atoms with Crippen LogP contribution < -0.4 is 11.2 Å². The van der Waals surface area contributed by atoms with E-state index in [0.29, 0.717) is 37.4 Å². The zero-order valence-electron chi connectivity index (χ0n) is 17.0. The second-order valence-corrected chi connectivity index (χ2v) is 8.62. The first-order valence-corrected chi connectivity index (χ1v) is 11.4. The first kappa shape index (κ1) is 21.2. The molecule has 0 saturated carbocycles. The quantitative estimate of drug-likeness (QED) is 0.522. The van der Waals surface area contributed by atoms with Crippen molar-refractivity contribution >= 4 is 46.8 Å². The molecule has 0 unspecified atom stereocenters. The van der Waals surface area contributed by atoms with Crippen LogP contribution in [0.5, 0.6) is 0 Å². The van der Waals surface area contributed by atoms with Crippen molar-refractivity contribution in [1.82, 2.24) is 15.2 Å². The molecule has 0 aliphatic carbocycles. The molecule has 10 heteroatoms. The Morgan fingerprint density at radius 3 is 2.94 bits per heavy atom. The van der Waals surface area contributed by atoms with E-state index in [1.807, 2.05) is 30.3 Å². The number of fused-ring (bicyclic) bond motifs is 1. The van der Waals surface area contributed by atoms with E-state index in [1.165, 1.54) is 6.21 Å². The number of primary amides is 1. The molecule has 2 aliphatic heterocycles. The van der Waals surface area contributed by atoms with E-state index in [0.717, 1.165) is 23.2 Å². The molecular formula is C21H25N5O4S. The number of para-hydroxylation sites is 1. The van der Waals surface area contributed by atoms with Gasteiger partial charge < -0.3 is 20.0 Å². The number of likely N-dealkylation sites (tertiary alicyclic amines) is 1. The number of carbonyl (C=O) groups excluding carboxylic acids is 3. The summed E-state index contributed by atoms with van der Waals surface area (Å²) in [6.45, 7) is 0.582. The maximum atomic E-state index is 13.2. The normalized spacial score (nSPS) is 21.3. The summed E-state index contributed by atoms with van der Waals surface area (Å²) >= 11 is 1.61. The van der Waals surface area contributed by atoms with Gasteiger partial charge in [-0.05, 0) is 25.0 Å². The number of urea groups is 1. The second kappa shape index (κ2) is 9.42. The predicted octanol–water partition coefficient (Wildman–Crippen LogP) is 1.91. The molecule has 1 aromatic heterocycles. The number of rotatable bonds is 6. The third-order valence-electron chi connectivity index (χ3n) is 5.54. The molecule has 9 nitrogen and oxygen atoms in total. The van der Waals surface area contributed by atoms with E-state index < -0.39 is 12.1 Å². The van der Waals surface area contributed by atoms with Crippen molar-refractivity contribution in [3.8, 4) is 0 Å². The van der Waals surface area contributed by atoms with Gasteiger partial charge in [0.25, 0.3) is 0 Å². The fourth-order valence-electron chi connectivity index (χ4n) is 4.04. The third-order valence-corrected chi connectivity index (χ3v) is 6.58. The van der Waals surface area contributed by atoms with Gasteiger partial charge in [0.1, 0.15) is 17.4 Å². The van der Waals surface area contributed by atoms with Crippen LogP contribution in [0.15, 0.2) is 39.9 Å². The van der Waals surface area contributed by atoms with Crippen molar-refractivity contribution in [2.24, 2.45) is 10.8 Å². The van der Waals surface area contributed by atoms with Crippen LogP contribution in [0.3, 0.4) is 0 Å². The molecule has 3 heterocycles. The molecule has 0 bridgehead atoms. The molecule has 2 fully saturated rings. The van der Waals surface area contributed by atoms with Crippen LogP contribution in [0.4, 0.5) is 4.79 Å². The fraction of sp³-hybridized carbons (Fsp3) is 0.429. The SMILES string of the molecule is NC(=O)NN=C[C@@H]1CSCN1C(=O)[C@@H]1CCCN1C(=O)CCc1cc2ccccc2o1. The highest BCUT2D eigenvalue weighted by Gasteiger charge is 2.39. The Kier molecular flexibility index (Phi) is 6.45. The molecule has 0 radical (unpaired) electrons. The van der Waals surface area contributed by atoms with Crippen molar-refractivity contribution < 1.29 is 18.8 Å². The lowest BCUT2D eigenvalue weighted by Crippen LogP contribution is -2.50. The molecule has 4 rings (SSSR count). The average Bonchev–Trinajstić information content (AvgIpc) is 3.50. The molecule has 2 atom stereocenters. The van der Waals surface area contributed by atoms with Gasteiger partial charge in [0.2, 0.25) is 11.8 Å². The molecule has 164 valence electrons. The Bertz CT molecular complexity index is 974. The van der Waals surface area contributed by atoms with Gasteiger partial charge in [-0.3, -0.25) is 9.59 Å². The Morgan fingerprint density at radius 2 is 2.13 bits per heavy atom. The van der Waals surface area contributed by atoms with Crippen LogP contribution in [0.25, 0.3) is 11.0 Å². The van der Waals surface area contributed by atoms with Gasteiger partial charge >= 0.3 is 6.03 Å². The largest absolute Gasteiger partial charge is 0.461 e. The van der Waals surface area contributed by atoms with Crippen LogP contribution in [0.2, 0.25) is 0 Å². The molecule has 31 heavy (non-hydrogen) atoms. The summed E-state index contributed by atoms with van der Waals surface area (Å²) in [5.74, 6) is 1.87. The van der Waals surface area contributed by atoms with E-state index in [-0.39, 0.29) is 17.9 Å². The van der Waals surface area contributed by atoms with E-state index in [2.05, 4.69) is 10.5 Å². The van der Waals surface area contributed by atoms with Crippen molar-refractivity contribution in [1.29, 1.82) is 0 Å². The number of benzene rings is 1. The van der Waals surface area contributed by atoms with Gasteiger partial charge in [0.15, 0.2) is 0 Å². The monoisotopic (exact) mass is 443 g/mol. The summed E-state index contributed by atoms with van der Waals surface area (Å²) in [5, 5.41) is 4.82. The van der Waals surface area contributed by atoms with Crippen LogP contribution >= 0.6 is 11.8 Å². The Morgan fingerprint density at radius 1 is 1.29 bits per heavy atom. The molecule has 0 spiro atoms. The average molecular weight is 444 g/mol. The van der Waals surface area contributed by atoms with Crippen molar-refractivity contribution in [3.05, 3.63) is 36.1 Å². The van der Waals surface area contributed by atoms with Gasteiger partial charge in [-0.25, -0.2) is 10.2 Å². The molecule has 1 aromatic carbocycles. The zero-order valence-corrected chi connectivity index (χ0v) is 17.8.